The first-order chi connectivity index (χ1) is 10.7. The van der Waals surface area contributed by atoms with Crippen LogP contribution in [0.1, 0.15) is 44.2 Å². The highest BCUT2D eigenvalue weighted by Gasteiger charge is 2.25. The number of amides is 1. The maximum Gasteiger partial charge on any atom is 0.220 e. The number of hydrogen-bond donors (Lipinski definition) is 2. The number of piperidine rings is 1. The minimum absolute atomic E-state index is 0. The average molecular weight is 339 g/mol. The van der Waals surface area contributed by atoms with Gasteiger partial charge in [-0.25, -0.2) is 0 Å². The van der Waals surface area contributed by atoms with Crippen LogP contribution in [0.4, 0.5) is 0 Å². The Morgan fingerprint density at radius 1 is 1.39 bits per heavy atom. The summed E-state index contributed by atoms with van der Waals surface area (Å²) in [6, 6.07) is 8.09. The van der Waals surface area contributed by atoms with E-state index < -0.39 is 0 Å². The molecule has 0 bridgehead atoms. The van der Waals surface area contributed by atoms with E-state index in [4.69, 9.17) is 4.74 Å². The molecule has 1 saturated heterocycles. The van der Waals surface area contributed by atoms with Crippen molar-refractivity contribution in [2.75, 3.05) is 19.7 Å². The number of para-hydroxylation sites is 1. The first kappa shape index (κ1) is 18.1. The normalized spacial score (nSPS) is 24.6. The van der Waals surface area contributed by atoms with E-state index >= 15 is 0 Å². The summed E-state index contributed by atoms with van der Waals surface area (Å²) in [6.45, 7) is 5.04. The van der Waals surface area contributed by atoms with Crippen LogP contribution in [0, 0.1) is 11.8 Å². The molecule has 0 aromatic heterocycles. The molecular weight excluding hydrogens is 312 g/mol. The van der Waals surface area contributed by atoms with Crippen LogP contribution in [-0.2, 0) is 4.79 Å². The van der Waals surface area contributed by atoms with Crippen molar-refractivity contribution < 1.29 is 9.53 Å². The second kappa shape index (κ2) is 8.55. The van der Waals surface area contributed by atoms with Gasteiger partial charge in [0.25, 0.3) is 0 Å². The summed E-state index contributed by atoms with van der Waals surface area (Å²) in [7, 11) is 0. The third-order valence-electron chi connectivity index (χ3n) is 4.94. The zero-order valence-corrected chi connectivity index (χ0v) is 14.5. The Morgan fingerprint density at radius 3 is 3.00 bits per heavy atom. The highest BCUT2D eigenvalue weighted by molar-refractivity contribution is 5.85. The van der Waals surface area contributed by atoms with Crippen molar-refractivity contribution >= 4 is 18.3 Å². The van der Waals surface area contributed by atoms with Crippen LogP contribution >= 0.6 is 12.4 Å². The second-order valence-corrected chi connectivity index (χ2v) is 6.58. The van der Waals surface area contributed by atoms with E-state index in [0.717, 1.165) is 30.8 Å². The standard InChI is InChI=1S/C18H26N2O2.ClH/c1-13(14-5-4-9-19-12-14)11-18(21)20-16-8-10-22-17-7-3-2-6-15(16)17;/h2-3,6-7,13-14,16,19H,4-5,8-12H2,1H3,(H,20,21);1H. The lowest BCUT2D eigenvalue weighted by Gasteiger charge is -2.30. The van der Waals surface area contributed by atoms with Gasteiger partial charge in [0.15, 0.2) is 0 Å². The van der Waals surface area contributed by atoms with E-state index in [-0.39, 0.29) is 24.4 Å². The van der Waals surface area contributed by atoms with E-state index in [1.165, 1.54) is 12.8 Å². The Labute approximate surface area is 144 Å². The number of benzene rings is 1. The first-order valence-corrected chi connectivity index (χ1v) is 8.46. The van der Waals surface area contributed by atoms with Gasteiger partial charge in [-0.05, 0) is 43.8 Å². The molecule has 0 saturated carbocycles. The largest absolute Gasteiger partial charge is 0.493 e. The molecular formula is C18H27ClN2O2. The highest BCUT2D eigenvalue weighted by atomic mass is 35.5. The van der Waals surface area contributed by atoms with Crippen LogP contribution in [0.2, 0.25) is 0 Å². The number of ether oxygens (including phenoxy) is 1. The molecule has 0 spiro atoms. The van der Waals surface area contributed by atoms with Gasteiger partial charge in [0, 0.05) is 18.4 Å². The third kappa shape index (κ3) is 4.61. The van der Waals surface area contributed by atoms with E-state index in [0.29, 0.717) is 24.9 Å². The predicted octanol–water partition coefficient (Wildman–Crippen LogP) is 3.07. The van der Waals surface area contributed by atoms with Gasteiger partial charge in [-0.15, -0.1) is 12.4 Å². The summed E-state index contributed by atoms with van der Waals surface area (Å²) in [5.74, 6) is 2.13. The third-order valence-corrected chi connectivity index (χ3v) is 4.94. The van der Waals surface area contributed by atoms with E-state index in [2.05, 4.69) is 17.6 Å². The van der Waals surface area contributed by atoms with Crippen molar-refractivity contribution in [3.8, 4) is 5.75 Å². The molecule has 4 nitrogen and oxygen atoms in total. The molecule has 2 N–H and O–H groups in total. The number of hydrogen-bond acceptors (Lipinski definition) is 3. The number of carbonyl (C=O) groups excluding carboxylic acids is 1. The van der Waals surface area contributed by atoms with Crippen molar-refractivity contribution in [3.05, 3.63) is 29.8 Å². The van der Waals surface area contributed by atoms with Crippen LogP contribution in [0.25, 0.3) is 0 Å². The molecule has 3 atom stereocenters. The van der Waals surface area contributed by atoms with Gasteiger partial charge in [-0.3, -0.25) is 4.79 Å². The molecule has 3 rings (SSSR count). The van der Waals surface area contributed by atoms with Crippen LogP contribution in [0.5, 0.6) is 5.75 Å². The van der Waals surface area contributed by atoms with Crippen LogP contribution in [0.15, 0.2) is 24.3 Å². The minimum atomic E-state index is 0. The fourth-order valence-electron chi connectivity index (χ4n) is 3.57. The van der Waals surface area contributed by atoms with Crippen molar-refractivity contribution in [1.29, 1.82) is 0 Å². The van der Waals surface area contributed by atoms with Gasteiger partial charge in [0.05, 0.1) is 12.6 Å². The zero-order valence-electron chi connectivity index (χ0n) is 13.7. The molecule has 2 heterocycles. The lowest BCUT2D eigenvalue weighted by atomic mass is 9.85. The molecule has 1 amide bonds. The Hall–Kier alpha value is -1.26. The zero-order chi connectivity index (χ0) is 15.4. The van der Waals surface area contributed by atoms with Gasteiger partial charge in [0.1, 0.15) is 5.75 Å². The van der Waals surface area contributed by atoms with Crippen LogP contribution in [0.3, 0.4) is 0 Å². The summed E-state index contributed by atoms with van der Waals surface area (Å²) in [4.78, 5) is 12.4. The maximum atomic E-state index is 12.4. The van der Waals surface area contributed by atoms with E-state index in [1.807, 2.05) is 24.3 Å². The van der Waals surface area contributed by atoms with Crippen LogP contribution < -0.4 is 15.4 Å². The summed E-state index contributed by atoms with van der Waals surface area (Å²) in [5, 5.41) is 6.64. The highest BCUT2D eigenvalue weighted by Crippen LogP contribution is 2.32. The number of rotatable bonds is 4. The molecule has 1 aromatic carbocycles. The molecule has 0 aliphatic carbocycles. The van der Waals surface area contributed by atoms with Crippen molar-refractivity contribution in [2.45, 2.75) is 38.6 Å². The van der Waals surface area contributed by atoms with Gasteiger partial charge < -0.3 is 15.4 Å². The summed E-state index contributed by atoms with van der Waals surface area (Å²) < 4.78 is 5.65. The average Bonchev–Trinajstić information content (AvgIpc) is 2.56. The molecule has 1 fully saturated rings. The lowest BCUT2D eigenvalue weighted by molar-refractivity contribution is -0.123. The van der Waals surface area contributed by atoms with E-state index in [9.17, 15) is 4.79 Å². The molecule has 0 radical (unpaired) electrons. The molecule has 128 valence electrons. The smallest absolute Gasteiger partial charge is 0.220 e. The van der Waals surface area contributed by atoms with E-state index in [1.54, 1.807) is 0 Å². The predicted molar refractivity (Wildman–Crippen MR) is 94.1 cm³/mol. The number of carbonyl (C=O) groups is 1. The number of nitrogens with one attached hydrogen (secondary N) is 2. The lowest BCUT2D eigenvalue weighted by Crippen LogP contribution is -2.37. The van der Waals surface area contributed by atoms with Crippen molar-refractivity contribution in [1.82, 2.24) is 10.6 Å². The molecule has 5 heteroatoms. The molecule has 23 heavy (non-hydrogen) atoms. The monoisotopic (exact) mass is 338 g/mol. The summed E-state index contributed by atoms with van der Waals surface area (Å²) in [6.07, 6.45) is 3.93. The Balaban J connectivity index is 0.00000192. The fourth-order valence-corrected chi connectivity index (χ4v) is 3.57. The molecule has 3 unspecified atom stereocenters. The van der Waals surface area contributed by atoms with Gasteiger partial charge >= 0.3 is 0 Å². The van der Waals surface area contributed by atoms with Gasteiger partial charge in [-0.1, -0.05) is 25.1 Å². The minimum Gasteiger partial charge on any atom is -0.493 e. The number of halogens is 1. The Morgan fingerprint density at radius 2 is 2.22 bits per heavy atom. The van der Waals surface area contributed by atoms with Gasteiger partial charge in [0.2, 0.25) is 5.91 Å². The topological polar surface area (TPSA) is 50.4 Å². The first-order valence-electron chi connectivity index (χ1n) is 8.46. The van der Waals surface area contributed by atoms with Gasteiger partial charge in [-0.2, -0.15) is 0 Å². The van der Waals surface area contributed by atoms with Crippen molar-refractivity contribution in [3.63, 3.8) is 0 Å². The SMILES string of the molecule is CC(CC(=O)NC1CCOc2ccccc21)C1CCCNC1.Cl. The molecule has 2 aliphatic rings. The number of fused-ring (bicyclic) bond motifs is 1. The van der Waals surface area contributed by atoms with Crippen LogP contribution in [-0.4, -0.2) is 25.6 Å². The fraction of sp³-hybridized carbons (Fsp3) is 0.611. The molecule has 1 aromatic rings. The molecule has 2 aliphatic heterocycles. The summed E-state index contributed by atoms with van der Waals surface area (Å²) in [5.41, 5.74) is 1.11. The summed E-state index contributed by atoms with van der Waals surface area (Å²) >= 11 is 0. The maximum absolute atomic E-state index is 12.4. The Kier molecular flexibility index (Phi) is 6.72. The second-order valence-electron chi connectivity index (χ2n) is 6.58. The van der Waals surface area contributed by atoms with Crippen molar-refractivity contribution in [2.24, 2.45) is 11.8 Å². The Bertz CT molecular complexity index is 517. The quantitative estimate of drug-likeness (QED) is 0.887.